The molecule has 0 aromatic carbocycles. The molecule has 0 aromatic heterocycles. The largest absolute Gasteiger partial charge is 0.323 e. The van der Waals surface area contributed by atoms with Gasteiger partial charge in [0, 0.05) is 6.04 Å². The van der Waals surface area contributed by atoms with Crippen LogP contribution < -0.4 is 5.32 Å². The molecular weight excluding hydrogens is 248 g/mol. The zero-order valence-electron chi connectivity index (χ0n) is 13.9. The van der Waals surface area contributed by atoms with Crippen LogP contribution in [0.5, 0.6) is 0 Å². The Labute approximate surface area is 124 Å². The lowest BCUT2D eigenvalue weighted by atomic mass is 9.99. The molecule has 1 heterocycles. The Balaban J connectivity index is 2.16. The van der Waals surface area contributed by atoms with Crippen LogP contribution in [0.25, 0.3) is 0 Å². The number of carbonyl (C=O) groups is 1. The Morgan fingerprint density at radius 1 is 1.15 bits per heavy atom. The van der Waals surface area contributed by atoms with Crippen LogP contribution in [0.4, 0.5) is 0 Å². The van der Waals surface area contributed by atoms with E-state index in [4.69, 9.17) is 0 Å². The Bertz CT molecular complexity index is 334. The SMILES string of the molecule is CC(C)CC1NC(C2CCCC2)N(C(C)C(C)C)C1=O. The van der Waals surface area contributed by atoms with Crippen LogP contribution in [-0.2, 0) is 4.79 Å². The summed E-state index contributed by atoms with van der Waals surface area (Å²) in [5, 5.41) is 3.68. The minimum Gasteiger partial charge on any atom is -0.323 e. The molecule has 3 unspecified atom stereocenters. The lowest BCUT2D eigenvalue weighted by Crippen LogP contribution is -2.48. The predicted octanol–water partition coefficient (Wildman–Crippen LogP) is 3.39. The third-order valence-corrected chi connectivity index (χ3v) is 5.18. The molecule has 2 fully saturated rings. The molecule has 116 valence electrons. The van der Waals surface area contributed by atoms with E-state index in [2.05, 4.69) is 44.8 Å². The van der Waals surface area contributed by atoms with Gasteiger partial charge in [-0.2, -0.15) is 0 Å². The first-order valence-corrected chi connectivity index (χ1v) is 8.50. The highest BCUT2D eigenvalue weighted by atomic mass is 16.2. The number of nitrogens with zero attached hydrogens (tertiary/aromatic N) is 1. The maximum Gasteiger partial charge on any atom is 0.241 e. The van der Waals surface area contributed by atoms with E-state index in [0.717, 1.165) is 6.42 Å². The van der Waals surface area contributed by atoms with Gasteiger partial charge in [0.2, 0.25) is 5.91 Å². The van der Waals surface area contributed by atoms with Crippen molar-refractivity contribution in [3.8, 4) is 0 Å². The summed E-state index contributed by atoms with van der Waals surface area (Å²) in [6, 6.07) is 0.375. The molecule has 20 heavy (non-hydrogen) atoms. The summed E-state index contributed by atoms with van der Waals surface area (Å²) in [5.41, 5.74) is 0. The molecule has 0 radical (unpaired) electrons. The molecule has 1 aliphatic carbocycles. The maximum atomic E-state index is 12.8. The molecule has 1 saturated heterocycles. The molecule has 1 amide bonds. The molecule has 0 bridgehead atoms. The van der Waals surface area contributed by atoms with Crippen molar-refractivity contribution in [2.24, 2.45) is 17.8 Å². The number of nitrogens with one attached hydrogen (secondary N) is 1. The molecule has 2 aliphatic rings. The third kappa shape index (κ3) is 3.19. The van der Waals surface area contributed by atoms with Gasteiger partial charge >= 0.3 is 0 Å². The van der Waals surface area contributed by atoms with E-state index < -0.39 is 0 Å². The minimum absolute atomic E-state index is 0.0433. The van der Waals surface area contributed by atoms with Crippen molar-refractivity contribution >= 4 is 5.91 Å². The Morgan fingerprint density at radius 2 is 1.75 bits per heavy atom. The number of hydrogen-bond donors (Lipinski definition) is 1. The topological polar surface area (TPSA) is 32.3 Å². The van der Waals surface area contributed by atoms with E-state index in [0.29, 0.717) is 29.7 Å². The van der Waals surface area contributed by atoms with Gasteiger partial charge in [-0.15, -0.1) is 0 Å². The van der Waals surface area contributed by atoms with Crippen molar-refractivity contribution in [1.82, 2.24) is 10.2 Å². The van der Waals surface area contributed by atoms with Gasteiger partial charge in [-0.3, -0.25) is 10.1 Å². The third-order valence-electron chi connectivity index (χ3n) is 5.18. The molecule has 3 nitrogen and oxygen atoms in total. The molecule has 1 saturated carbocycles. The summed E-state index contributed by atoms with van der Waals surface area (Å²) in [6.45, 7) is 11.1. The molecule has 1 aliphatic heterocycles. The molecular formula is C17H32N2O. The zero-order valence-corrected chi connectivity index (χ0v) is 13.9. The van der Waals surface area contributed by atoms with Crippen molar-refractivity contribution in [2.75, 3.05) is 0 Å². The summed E-state index contributed by atoms with van der Waals surface area (Å²) in [4.78, 5) is 15.0. The smallest absolute Gasteiger partial charge is 0.241 e. The first-order valence-electron chi connectivity index (χ1n) is 8.50. The van der Waals surface area contributed by atoms with Gasteiger partial charge in [0.1, 0.15) is 0 Å². The van der Waals surface area contributed by atoms with Gasteiger partial charge in [-0.1, -0.05) is 40.5 Å². The molecule has 3 heteroatoms. The van der Waals surface area contributed by atoms with E-state index in [1.54, 1.807) is 0 Å². The summed E-state index contributed by atoms with van der Waals surface area (Å²) >= 11 is 0. The van der Waals surface area contributed by atoms with Crippen molar-refractivity contribution in [1.29, 1.82) is 0 Å². The van der Waals surface area contributed by atoms with E-state index in [1.807, 2.05) is 0 Å². The van der Waals surface area contributed by atoms with Crippen molar-refractivity contribution in [3.05, 3.63) is 0 Å². The zero-order chi connectivity index (χ0) is 14.9. The van der Waals surface area contributed by atoms with Gasteiger partial charge in [-0.05, 0) is 43.9 Å². The van der Waals surface area contributed by atoms with Crippen LogP contribution in [-0.4, -0.2) is 29.1 Å². The van der Waals surface area contributed by atoms with E-state index in [9.17, 15) is 4.79 Å². The standard InChI is InChI=1S/C17H32N2O/c1-11(2)10-15-17(20)19(13(5)12(3)4)16(18-15)14-8-6-7-9-14/h11-16,18H,6-10H2,1-5H3. The van der Waals surface area contributed by atoms with Gasteiger partial charge in [0.15, 0.2) is 0 Å². The second-order valence-electron chi connectivity index (χ2n) is 7.57. The highest BCUT2D eigenvalue weighted by Gasteiger charge is 2.45. The maximum absolute atomic E-state index is 12.8. The van der Waals surface area contributed by atoms with E-state index in [-0.39, 0.29) is 12.2 Å². The average Bonchev–Trinajstić information content (AvgIpc) is 2.97. The van der Waals surface area contributed by atoms with Crippen molar-refractivity contribution in [2.45, 2.75) is 85.0 Å². The van der Waals surface area contributed by atoms with Gasteiger partial charge in [0.05, 0.1) is 12.2 Å². The monoisotopic (exact) mass is 280 g/mol. The molecule has 0 spiro atoms. The predicted molar refractivity (Wildman–Crippen MR) is 83.3 cm³/mol. The van der Waals surface area contributed by atoms with Gasteiger partial charge in [-0.25, -0.2) is 0 Å². The lowest BCUT2D eigenvalue weighted by Gasteiger charge is -2.35. The van der Waals surface area contributed by atoms with Crippen LogP contribution in [0, 0.1) is 17.8 Å². The molecule has 1 N–H and O–H groups in total. The highest BCUT2D eigenvalue weighted by molar-refractivity contribution is 5.84. The molecule has 2 rings (SSSR count). The molecule has 3 atom stereocenters. The summed E-state index contributed by atoms with van der Waals surface area (Å²) in [6.07, 6.45) is 6.46. The second-order valence-corrected chi connectivity index (χ2v) is 7.57. The first-order chi connectivity index (χ1) is 9.41. The van der Waals surface area contributed by atoms with Crippen molar-refractivity contribution in [3.63, 3.8) is 0 Å². The second kappa shape index (κ2) is 6.46. The van der Waals surface area contributed by atoms with E-state index >= 15 is 0 Å². The van der Waals surface area contributed by atoms with Crippen LogP contribution >= 0.6 is 0 Å². The summed E-state index contributed by atoms with van der Waals surface area (Å²) < 4.78 is 0. The number of carbonyl (C=O) groups excluding carboxylic acids is 1. The first kappa shape index (κ1) is 15.8. The fourth-order valence-electron chi connectivity index (χ4n) is 3.73. The van der Waals surface area contributed by atoms with Crippen LogP contribution in [0.1, 0.15) is 66.7 Å². The van der Waals surface area contributed by atoms with Gasteiger partial charge in [0.25, 0.3) is 0 Å². The average molecular weight is 280 g/mol. The van der Waals surface area contributed by atoms with Gasteiger partial charge < -0.3 is 4.90 Å². The fraction of sp³-hybridized carbons (Fsp3) is 0.941. The number of rotatable bonds is 5. The lowest BCUT2D eigenvalue weighted by molar-refractivity contribution is -0.133. The molecule has 0 aromatic rings. The minimum atomic E-state index is 0.0433. The Morgan fingerprint density at radius 3 is 2.25 bits per heavy atom. The Hall–Kier alpha value is -0.570. The van der Waals surface area contributed by atoms with Crippen LogP contribution in [0.3, 0.4) is 0 Å². The quantitative estimate of drug-likeness (QED) is 0.837. The van der Waals surface area contributed by atoms with E-state index in [1.165, 1.54) is 25.7 Å². The number of amides is 1. The highest BCUT2D eigenvalue weighted by Crippen LogP contribution is 2.34. The van der Waals surface area contributed by atoms with Crippen LogP contribution in [0.2, 0.25) is 0 Å². The summed E-state index contributed by atoms with van der Waals surface area (Å²) in [5.74, 6) is 2.09. The summed E-state index contributed by atoms with van der Waals surface area (Å²) in [7, 11) is 0. The van der Waals surface area contributed by atoms with Crippen LogP contribution in [0.15, 0.2) is 0 Å². The Kier molecular flexibility index (Phi) is 5.11. The normalized spacial score (nSPS) is 29.9. The number of hydrogen-bond acceptors (Lipinski definition) is 2. The van der Waals surface area contributed by atoms with Crippen molar-refractivity contribution < 1.29 is 4.79 Å². The fourth-order valence-corrected chi connectivity index (χ4v) is 3.73.